The van der Waals surface area contributed by atoms with E-state index in [2.05, 4.69) is 71.9 Å². The molecule has 0 heterocycles. The van der Waals surface area contributed by atoms with Gasteiger partial charge in [-0.1, -0.05) is 59.5 Å². The van der Waals surface area contributed by atoms with Crippen molar-refractivity contribution >= 4 is 16.4 Å². The number of hydrogen-bond donors (Lipinski definition) is 1. The molecule has 194 valence electrons. The summed E-state index contributed by atoms with van der Waals surface area (Å²) in [4.78, 5) is 0. The molecule has 0 saturated carbocycles. The Bertz CT molecular complexity index is 767. The zero-order valence-electron chi connectivity index (χ0n) is 23.5. The van der Waals surface area contributed by atoms with Gasteiger partial charge in [0.15, 0.2) is 8.32 Å². The van der Waals surface area contributed by atoms with Crippen molar-refractivity contribution in [1.29, 1.82) is 0 Å². The van der Waals surface area contributed by atoms with Crippen LogP contribution in [0.2, 0.25) is 37.8 Å². The molecule has 0 saturated heterocycles. The minimum absolute atomic E-state index is 0.0279. The van der Waals surface area contributed by atoms with Crippen LogP contribution in [0.3, 0.4) is 0 Å². The molecule has 0 unspecified atom stereocenters. The predicted molar refractivity (Wildman–Crippen MR) is 149 cm³/mol. The highest BCUT2D eigenvalue weighted by Gasteiger charge is 2.40. The molecule has 0 spiro atoms. The number of unbranched alkanes of at least 4 members (excludes halogenated alkanes) is 1. The number of hydrogen-bond acceptors (Lipinski definition) is 4. The SMILES string of the molecule is COc1ccc(COCC[C@H](O[Si](C)(C)C(C)(C)C)[C@H](C)[C@@H](O)CCCC#C[Si](C)(C)C)cc1. The molecule has 1 N–H and O–H groups in total. The zero-order chi connectivity index (χ0) is 26.0. The molecule has 0 amide bonds. The number of methoxy groups -OCH3 is 1. The number of aliphatic hydroxyl groups is 1. The Labute approximate surface area is 211 Å². The van der Waals surface area contributed by atoms with Crippen LogP contribution in [0, 0.1) is 17.4 Å². The topological polar surface area (TPSA) is 47.9 Å². The molecule has 1 aromatic rings. The van der Waals surface area contributed by atoms with Crippen LogP contribution in [0.1, 0.15) is 58.9 Å². The lowest BCUT2D eigenvalue weighted by molar-refractivity contribution is 0.00126. The zero-order valence-corrected chi connectivity index (χ0v) is 25.5. The van der Waals surface area contributed by atoms with E-state index in [1.165, 1.54) is 0 Å². The molecule has 0 fully saturated rings. The van der Waals surface area contributed by atoms with Gasteiger partial charge in [-0.25, -0.2) is 0 Å². The summed E-state index contributed by atoms with van der Waals surface area (Å²) in [5, 5.41) is 11.1. The highest BCUT2D eigenvalue weighted by Crippen LogP contribution is 2.39. The quantitative estimate of drug-likeness (QED) is 0.177. The summed E-state index contributed by atoms with van der Waals surface area (Å²) in [7, 11) is -1.63. The molecule has 6 heteroatoms. The minimum atomic E-state index is -1.97. The molecule has 0 aliphatic rings. The third-order valence-corrected chi connectivity index (χ3v) is 12.1. The van der Waals surface area contributed by atoms with Crippen molar-refractivity contribution in [1.82, 2.24) is 0 Å². The molecule has 1 aromatic carbocycles. The Morgan fingerprint density at radius 2 is 1.62 bits per heavy atom. The maximum Gasteiger partial charge on any atom is 0.192 e. The van der Waals surface area contributed by atoms with E-state index in [0.717, 1.165) is 37.0 Å². The highest BCUT2D eigenvalue weighted by atomic mass is 28.4. The lowest BCUT2D eigenvalue weighted by Gasteiger charge is -2.41. The van der Waals surface area contributed by atoms with Crippen LogP contribution in [-0.2, 0) is 15.8 Å². The molecule has 0 aromatic heterocycles. The van der Waals surface area contributed by atoms with Gasteiger partial charge in [0.1, 0.15) is 13.8 Å². The molecule has 0 bridgehead atoms. The smallest absolute Gasteiger partial charge is 0.192 e. The molecule has 0 aliphatic carbocycles. The van der Waals surface area contributed by atoms with E-state index in [-0.39, 0.29) is 17.1 Å². The molecule has 0 aliphatic heterocycles. The van der Waals surface area contributed by atoms with Crippen LogP contribution in [-0.4, -0.2) is 47.4 Å². The Kier molecular flexibility index (Phi) is 12.6. The number of ether oxygens (including phenoxy) is 2. The van der Waals surface area contributed by atoms with E-state index in [9.17, 15) is 5.11 Å². The van der Waals surface area contributed by atoms with Crippen LogP contribution in [0.4, 0.5) is 0 Å². The Balaban J connectivity index is 2.71. The summed E-state index contributed by atoms with van der Waals surface area (Å²) >= 11 is 0. The first kappa shape index (κ1) is 30.9. The van der Waals surface area contributed by atoms with Gasteiger partial charge in [0.05, 0.1) is 25.9 Å². The first-order chi connectivity index (χ1) is 15.7. The second-order valence-corrected chi connectivity index (χ2v) is 21.5. The molecular weight excluding hydrogens is 456 g/mol. The molecule has 34 heavy (non-hydrogen) atoms. The monoisotopic (exact) mass is 506 g/mol. The summed E-state index contributed by atoms with van der Waals surface area (Å²) in [6.45, 7) is 21.4. The van der Waals surface area contributed by atoms with E-state index >= 15 is 0 Å². The maximum atomic E-state index is 11.0. The van der Waals surface area contributed by atoms with Crippen LogP contribution >= 0.6 is 0 Å². The first-order valence-electron chi connectivity index (χ1n) is 12.7. The number of benzene rings is 1. The summed E-state index contributed by atoms with van der Waals surface area (Å²) in [6.07, 6.45) is 2.88. The fourth-order valence-electron chi connectivity index (χ4n) is 3.33. The van der Waals surface area contributed by atoms with E-state index in [4.69, 9.17) is 13.9 Å². The van der Waals surface area contributed by atoms with Gasteiger partial charge in [-0.05, 0) is 55.1 Å². The fourth-order valence-corrected chi connectivity index (χ4v) is 5.43. The Hall–Kier alpha value is -1.11. The summed E-state index contributed by atoms with van der Waals surface area (Å²) < 4.78 is 18.0. The van der Waals surface area contributed by atoms with Gasteiger partial charge in [0, 0.05) is 18.9 Å². The Morgan fingerprint density at radius 1 is 1.00 bits per heavy atom. The molecule has 1 rings (SSSR count). The first-order valence-corrected chi connectivity index (χ1v) is 19.1. The van der Waals surface area contributed by atoms with Gasteiger partial charge in [0.25, 0.3) is 0 Å². The van der Waals surface area contributed by atoms with Crippen LogP contribution in [0.15, 0.2) is 24.3 Å². The number of rotatable bonds is 13. The van der Waals surface area contributed by atoms with E-state index in [1.54, 1.807) is 7.11 Å². The lowest BCUT2D eigenvalue weighted by atomic mass is 9.92. The Morgan fingerprint density at radius 3 is 2.15 bits per heavy atom. The fraction of sp³-hybridized carbons (Fsp3) is 0.714. The van der Waals surface area contributed by atoms with Crippen molar-refractivity contribution < 1.29 is 19.0 Å². The van der Waals surface area contributed by atoms with Crippen LogP contribution in [0.5, 0.6) is 5.75 Å². The normalized spacial score (nSPS) is 15.3. The van der Waals surface area contributed by atoms with Gasteiger partial charge in [-0.2, -0.15) is 0 Å². The van der Waals surface area contributed by atoms with E-state index in [0.29, 0.717) is 13.2 Å². The van der Waals surface area contributed by atoms with Crippen LogP contribution in [0.25, 0.3) is 0 Å². The molecular formula is C28H50O4Si2. The van der Waals surface area contributed by atoms with Crippen molar-refractivity contribution in [2.45, 2.75) is 110 Å². The van der Waals surface area contributed by atoms with Crippen molar-refractivity contribution in [3.05, 3.63) is 29.8 Å². The van der Waals surface area contributed by atoms with Crippen molar-refractivity contribution in [3.63, 3.8) is 0 Å². The van der Waals surface area contributed by atoms with Crippen molar-refractivity contribution in [2.24, 2.45) is 5.92 Å². The molecule has 0 radical (unpaired) electrons. The van der Waals surface area contributed by atoms with Crippen molar-refractivity contribution in [2.75, 3.05) is 13.7 Å². The van der Waals surface area contributed by atoms with E-state index < -0.39 is 22.5 Å². The second kappa shape index (κ2) is 13.8. The van der Waals surface area contributed by atoms with Crippen LogP contribution < -0.4 is 4.74 Å². The van der Waals surface area contributed by atoms with Gasteiger partial charge in [0.2, 0.25) is 0 Å². The average molecular weight is 507 g/mol. The van der Waals surface area contributed by atoms with Gasteiger partial charge < -0.3 is 19.0 Å². The predicted octanol–water partition coefficient (Wildman–Crippen LogP) is 7.04. The van der Waals surface area contributed by atoms with Gasteiger partial charge in [-0.15, -0.1) is 11.5 Å². The van der Waals surface area contributed by atoms with Gasteiger partial charge in [-0.3, -0.25) is 0 Å². The number of aliphatic hydroxyl groups excluding tert-OH is 1. The molecule has 4 nitrogen and oxygen atoms in total. The molecule has 3 atom stereocenters. The average Bonchev–Trinajstić information content (AvgIpc) is 2.73. The lowest BCUT2D eigenvalue weighted by Crippen LogP contribution is -2.47. The highest BCUT2D eigenvalue weighted by molar-refractivity contribution is 6.83. The van der Waals surface area contributed by atoms with E-state index in [1.807, 2.05) is 24.3 Å². The maximum absolute atomic E-state index is 11.0. The van der Waals surface area contributed by atoms with Crippen molar-refractivity contribution in [3.8, 4) is 17.2 Å². The third kappa shape index (κ3) is 11.5. The summed E-state index contributed by atoms with van der Waals surface area (Å²) in [5.41, 5.74) is 4.53. The third-order valence-electron chi connectivity index (χ3n) is 6.69. The minimum Gasteiger partial charge on any atom is -0.497 e. The second-order valence-electron chi connectivity index (χ2n) is 12.0. The standard InChI is InChI=1S/C28H50O4Si2/c1-23(26(29)14-12-11-13-21-33(6,7)8)27(32-34(9,10)28(2,3)4)19-20-31-22-24-15-17-25(30-5)18-16-24/h15-18,23,26-27,29H,11-12,14,19-20,22H2,1-10H3/t23-,26+,27+/m1/s1. The summed E-state index contributed by atoms with van der Waals surface area (Å²) in [5.74, 6) is 4.21. The van der Waals surface area contributed by atoms with Gasteiger partial charge >= 0.3 is 0 Å². The summed E-state index contributed by atoms with van der Waals surface area (Å²) in [6, 6.07) is 7.96. The largest absolute Gasteiger partial charge is 0.497 e.